The highest BCUT2D eigenvalue weighted by Crippen LogP contribution is 2.34. The quantitative estimate of drug-likeness (QED) is 0.253. The zero-order chi connectivity index (χ0) is 33.5. The van der Waals surface area contributed by atoms with Gasteiger partial charge in [0.15, 0.2) is 40.8 Å². The Morgan fingerprint density at radius 1 is 0.979 bits per heavy atom. The highest BCUT2D eigenvalue weighted by molar-refractivity contribution is 5.98. The van der Waals surface area contributed by atoms with Crippen LogP contribution in [0.1, 0.15) is 42.4 Å². The summed E-state index contributed by atoms with van der Waals surface area (Å²) in [6.07, 6.45) is -0.689. The van der Waals surface area contributed by atoms with Crippen molar-refractivity contribution >= 4 is 23.8 Å². The van der Waals surface area contributed by atoms with E-state index in [4.69, 9.17) is 33.2 Å². The van der Waals surface area contributed by atoms with Gasteiger partial charge in [-0.2, -0.15) is 0 Å². The van der Waals surface area contributed by atoms with Crippen molar-refractivity contribution < 1.29 is 52.3 Å². The molecule has 1 unspecified atom stereocenters. The number of aromatic nitrogens is 1. The fourth-order valence-electron chi connectivity index (χ4n) is 5.06. The lowest BCUT2D eigenvalue weighted by Crippen LogP contribution is -2.47. The van der Waals surface area contributed by atoms with E-state index in [9.17, 15) is 19.2 Å². The van der Waals surface area contributed by atoms with Crippen LogP contribution in [-0.2, 0) is 41.6 Å². The van der Waals surface area contributed by atoms with Crippen LogP contribution in [0.25, 0.3) is 0 Å². The first-order valence-electron chi connectivity index (χ1n) is 15.1. The molecule has 1 N–H and O–H groups in total. The molecule has 0 aliphatic carbocycles. The number of nitrogens with one attached hydrogen (secondary N) is 1. The molecule has 47 heavy (non-hydrogen) atoms. The van der Waals surface area contributed by atoms with Crippen molar-refractivity contribution in [3.05, 3.63) is 77.6 Å². The number of methoxy groups -OCH3 is 1. The molecule has 3 heterocycles. The Bertz CT molecular complexity index is 1610. The molecule has 2 aromatic carbocycles. The van der Waals surface area contributed by atoms with Gasteiger partial charge in [-0.25, -0.2) is 9.78 Å². The van der Waals surface area contributed by atoms with Gasteiger partial charge in [0.2, 0.25) is 6.79 Å². The van der Waals surface area contributed by atoms with Crippen LogP contribution in [0.3, 0.4) is 0 Å². The SMILES string of the molecule is COc1ccnc(C(=O)N[C@H]2COC(=O)[C@H](Cc3ccccc3)[C@@H](OC(=O)C(C)C)C(C)OC2=O)c1OCc1ccc2c(c1)OCO2. The molecule has 0 saturated carbocycles. The molecule has 0 spiro atoms. The zero-order valence-electron chi connectivity index (χ0n) is 26.4. The van der Waals surface area contributed by atoms with E-state index in [1.807, 2.05) is 30.3 Å². The maximum atomic E-state index is 13.6. The predicted octanol–water partition coefficient (Wildman–Crippen LogP) is 3.41. The third-order valence-electron chi connectivity index (χ3n) is 7.59. The average Bonchev–Trinajstić information content (AvgIpc) is 3.55. The summed E-state index contributed by atoms with van der Waals surface area (Å²) in [5.74, 6) is -3.04. The molecular formula is C34H36N2O11. The summed E-state index contributed by atoms with van der Waals surface area (Å²) in [5.41, 5.74) is 1.34. The fraction of sp³-hybridized carbons (Fsp3) is 0.382. The van der Waals surface area contributed by atoms with Crippen LogP contribution < -0.4 is 24.3 Å². The number of cyclic esters (lactones) is 2. The summed E-state index contributed by atoms with van der Waals surface area (Å²) < 4.78 is 39.1. The molecule has 0 bridgehead atoms. The highest BCUT2D eigenvalue weighted by atomic mass is 16.7. The molecule has 1 amide bonds. The average molecular weight is 649 g/mol. The number of hydrogen-bond donors (Lipinski definition) is 1. The van der Waals surface area contributed by atoms with Crippen LogP contribution in [0.15, 0.2) is 60.8 Å². The summed E-state index contributed by atoms with van der Waals surface area (Å²) >= 11 is 0. The monoisotopic (exact) mass is 648 g/mol. The lowest BCUT2D eigenvalue weighted by Gasteiger charge is -2.29. The number of pyridine rings is 1. The number of fused-ring (bicyclic) bond motifs is 1. The molecule has 13 nitrogen and oxygen atoms in total. The molecule has 2 aliphatic rings. The van der Waals surface area contributed by atoms with E-state index in [-0.39, 0.29) is 37.0 Å². The van der Waals surface area contributed by atoms with E-state index in [2.05, 4.69) is 10.3 Å². The zero-order valence-corrected chi connectivity index (χ0v) is 26.4. The second-order valence-electron chi connectivity index (χ2n) is 11.3. The summed E-state index contributed by atoms with van der Waals surface area (Å²) in [5, 5.41) is 2.55. The molecule has 248 valence electrons. The van der Waals surface area contributed by atoms with Crippen molar-refractivity contribution in [2.75, 3.05) is 20.5 Å². The fourth-order valence-corrected chi connectivity index (χ4v) is 5.06. The standard InChI is InChI=1S/C34H36N2O11/c1-19(2)32(38)47-29-20(3)46-34(40)24(17-43-33(39)23(29)14-21-8-6-5-7-9-21)36-31(37)28-30(26(41-4)12-13-35-28)42-16-22-10-11-25-27(15-22)45-18-44-25/h5-13,15,19-20,23-24,29H,14,16-18H2,1-4H3,(H,36,37)/t20?,23-,24+,29+/m1/s1. The van der Waals surface area contributed by atoms with Gasteiger partial charge in [0.1, 0.15) is 25.2 Å². The van der Waals surface area contributed by atoms with Crippen molar-refractivity contribution in [3.63, 3.8) is 0 Å². The van der Waals surface area contributed by atoms with Crippen molar-refractivity contribution in [2.45, 2.75) is 52.0 Å². The molecule has 1 saturated heterocycles. The summed E-state index contributed by atoms with van der Waals surface area (Å²) in [4.78, 5) is 57.3. The van der Waals surface area contributed by atoms with Gasteiger partial charge in [-0.1, -0.05) is 50.2 Å². The Morgan fingerprint density at radius 2 is 1.74 bits per heavy atom. The Hall–Kier alpha value is -5.33. The number of benzene rings is 2. The largest absolute Gasteiger partial charge is 0.493 e. The van der Waals surface area contributed by atoms with Crippen molar-refractivity contribution in [3.8, 4) is 23.0 Å². The molecule has 0 radical (unpaired) electrons. The number of carbonyl (C=O) groups excluding carboxylic acids is 4. The Kier molecular flexibility index (Phi) is 10.4. The Labute approximate surface area is 271 Å². The second-order valence-corrected chi connectivity index (χ2v) is 11.3. The van der Waals surface area contributed by atoms with Crippen LogP contribution in [0.2, 0.25) is 0 Å². The van der Waals surface area contributed by atoms with E-state index < -0.39 is 60.5 Å². The number of nitrogens with zero attached hydrogens (tertiary/aromatic N) is 1. The van der Waals surface area contributed by atoms with Gasteiger partial charge in [-0.15, -0.1) is 0 Å². The van der Waals surface area contributed by atoms with Crippen LogP contribution >= 0.6 is 0 Å². The van der Waals surface area contributed by atoms with E-state index in [1.54, 1.807) is 32.0 Å². The van der Waals surface area contributed by atoms with Gasteiger partial charge in [0.25, 0.3) is 5.91 Å². The molecule has 4 atom stereocenters. The smallest absolute Gasteiger partial charge is 0.332 e. The lowest BCUT2D eigenvalue weighted by molar-refractivity contribution is -0.176. The van der Waals surface area contributed by atoms with Gasteiger partial charge in [-0.05, 0) is 36.6 Å². The number of ether oxygens (including phenoxy) is 7. The van der Waals surface area contributed by atoms with Crippen LogP contribution in [0, 0.1) is 11.8 Å². The maximum Gasteiger partial charge on any atom is 0.332 e. The molecule has 3 aromatic rings. The molecular weight excluding hydrogens is 612 g/mol. The lowest BCUT2D eigenvalue weighted by atomic mass is 9.91. The van der Waals surface area contributed by atoms with Crippen molar-refractivity contribution in [1.82, 2.24) is 10.3 Å². The molecule has 13 heteroatoms. The minimum absolute atomic E-state index is 0.0237. The topological polar surface area (TPSA) is 158 Å². The summed E-state index contributed by atoms with van der Waals surface area (Å²) in [6, 6.07) is 14.5. The Morgan fingerprint density at radius 3 is 2.49 bits per heavy atom. The number of hydrogen-bond acceptors (Lipinski definition) is 12. The van der Waals surface area contributed by atoms with E-state index in [0.717, 1.165) is 11.1 Å². The number of esters is 3. The highest BCUT2D eigenvalue weighted by Gasteiger charge is 2.42. The van der Waals surface area contributed by atoms with Crippen LogP contribution in [0.5, 0.6) is 23.0 Å². The molecule has 2 aliphatic heterocycles. The van der Waals surface area contributed by atoms with Crippen molar-refractivity contribution in [1.29, 1.82) is 0 Å². The van der Waals surface area contributed by atoms with Gasteiger partial charge in [-0.3, -0.25) is 14.4 Å². The first-order valence-corrected chi connectivity index (χ1v) is 15.1. The van der Waals surface area contributed by atoms with Gasteiger partial charge >= 0.3 is 17.9 Å². The number of amides is 1. The molecule has 5 rings (SSSR count). The minimum Gasteiger partial charge on any atom is -0.493 e. The van der Waals surface area contributed by atoms with Gasteiger partial charge in [0.05, 0.1) is 13.0 Å². The Balaban J connectivity index is 1.35. The first kappa shape index (κ1) is 33.0. The first-order chi connectivity index (χ1) is 22.6. The van der Waals surface area contributed by atoms with Crippen molar-refractivity contribution in [2.24, 2.45) is 11.8 Å². The van der Waals surface area contributed by atoms with E-state index in [1.165, 1.54) is 26.3 Å². The van der Waals surface area contributed by atoms with Crippen LogP contribution in [0.4, 0.5) is 0 Å². The van der Waals surface area contributed by atoms with E-state index in [0.29, 0.717) is 11.5 Å². The third kappa shape index (κ3) is 7.91. The van der Waals surface area contributed by atoms with Gasteiger partial charge in [0, 0.05) is 12.3 Å². The third-order valence-corrected chi connectivity index (χ3v) is 7.59. The summed E-state index contributed by atoms with van der Waals surface area (Å²) in [7, 11) is 1.41. The maximum absolute atomic E-state index is 13.6. The second kappa shape index (κ2) is 14.8. The number of rotatable bonds is 10. The predicted molar refractivity (Wildman–Crippen MR) is 164 cm³/mol. The normalized spacial score (nSPS) is 20.6. The number of carbonyl (C=O) groups is 4. The van der Waals surface area contributed by atoms with Gasteiger partial charge < -0.3 is 38.5 Å². The van der Waals surface area contributed by atoms with E-state index >= 15 is 0 Å². The summed E-state index contributed by atoms with van der Waals surface area (Å²) in [6.45, 7) is 4.45. The van der Waals surface area contributed by atoms with Crippen LogP contribution in [-0.4, -0.2) is 67.6 Å². The molecule has 1 fully saturated rings. The molecule has 1 aromatic heterocycles. The minimum atomic E-state index is -1.42.